The molecule has 0 heterocycles. The largest absolute Gasteiger partial charge is 0.325 e. The summed E-state index contributed by atoms with van der Waals surface area (Å²) >= 11 is 1.55. The summed E-state index contributed by atoms with van der Waals surface area (Å²) < 4.78 is 38.6. The van der Waals surface area contributed by atoms with Gasteiger partial charge in [-0.2, -0.15) is 0 Å². The molecule has 5 nitrogen and oxygen atoms in total. The SMILES string of the molecule is CS(=O)(=O)N(CCCC(=O)Nc1ccccc1Sc1ccccc1)c1ccc(F)cc1. The third-order valence-electron chi connectivity index (χ3n) is 4.41. The second-order valence-electron chi connectivity index (χ2n) is 6.87. The third-order valence-corrected chi connectivity index (χ3v) is 6.69. The fourth-order valence-electron chi connectivity index (χ4n) is 2.96. The molecular formula is C23H23FN2O3S2. The van der Waals surface area contributed by atoms with Gasteiger partial charge in [0.05, 0.1) is 17.6 Å². The number of hydrogen-bond donors (Lipinski definition) is 1. The zero-order valence-electron chi connectivity index (χ0n) is 17.0. The number of para-hydroxylation sites is 1. The first kappa shape index (κ1) is 22.8. The molecule has 31 heavy (non-hydrogen) atoms. The van der Waals surface area contributed by atoms with Gasteiger partial charge in [0.15, 0.2) is 0 Å². The van der Waals surface area contributed by atoms with Crippen molar-refractivity contribution in [3.63, 3.8) is 0 Å². The van der Waals surface area contributed by atoms with Crippen LogP contribution < -0.4 is 9.62 Å². The molecule has 162 valence electrons. The molecule has 0 saturated carbocycles. The van der Waals surface area contributed by atoms with E-state index in [0.29, 0.717) is 17.8 Å². The highest BCUT2D eigenvalue weighted by Gasteiger charge is 2.18. The Balaban J connectivity index is 1.60. The van der Waals surface area contributed by atoms with Gasteiger partial charge < -0.3 is 5.32 Å². The van der Waals surface area contributed by atoms with Gasteiger partial charge in [-0.1, -0.05) is 42.1 Å². The van der Waals surface area contributed by atoms with E-state index in [1.54, 1.807) is 11.8 Å². The molecule has 0 aliphatic heterocycles. The van der Waals surface area contributed by atoms with Crippen LogP contribution in [0, 0.1) is 5.82 Å². The Hall–Kier alpha value is -2.84. The van der Waals surface area contributed by atoms with Crippen molar-refractivity contribution in [2.24, 2.45) is 0 Å². The highest BCUT2D eigenvalue weighted by molar-refractivity contribution is 7.99. The molecule has 1 N–H and O–H groups in total. The average Bonchev–Trinajstić information content (AvgIpc) is 2.73. The maximum Gasteiger partial charge on any atom is 0.232 e. The average molecular weight is 459 g/mol. The van der Waals surface area contributed by atoms with Crippen molar-refractivity contribution in [1.82, 2.24) is 0 Å². The number of nitrogens with one attached hydrogen (secondary N) is 1. The molecule has 3 aromatic rings. The van der Waals surface area contributed by atoms with Crippen molar-refractivity contribution in [3.05, 3.63) is 84.7 Å². The highest BCUT2D eigenvalue weighted by atomic mass is 32.2. The first-order valence-electron chi connectivity index (χ1n) is 9.68. The molecule has 0 fully saturated rings. The molecule has 0 aromatic heterocycles. The molecule has 0 unspecified atom stereocenters. The van der Waals surface area contributed by atoms with Crippen LogP contribution in [0.3, 0.4) is 0 Å². The Morgan fingerprint density at radius 2 is 1.61 bits per heavy atom. The van der Waals surface area contributed by atoms with Crippen LogP contribution >= 0.6 is 11.8 Å². The van der Waals surface area contributed by atoms with Gasteiger partial charge in [0, 0.05) is 22.8 Å². The zero-order chi connectivity index (χ0) is 22.3. The summed E-state index contributed by atoms with van der Waals surface area (Å²) in [6.45, 7) is 0.123. The Morgan fingerprint density at radius 3 is 2.29 bits per heavy atom. The number of hydrogen-bond acceptors (Lipinski definition) is 4. The molecule has 0 bridgehead atoms. The first-order valence-corrected chi connectivity index (χ1v) is 12.3. The summed E-state index contributed by atoms with van der Waals surface area (Å²) in [5.74, 6) is -0.641. The number of amides is 1. The van der Waals surface area contributed by atoms with Crippen LogP contribution in [-0.2, 0) is 14.8 Å². The van der Waals surface area contributed by atoms with E-state index >= 15 is 0 Å². The Labute approximate surface area is 186 Å². The summed E-state index contributed by atoms with van der Waals surface area (Å²) in [6.07, 6.45) is 1.56. The minimum absolute atomic E-state index is 0.123. The summed E-state index contributed by atoms with van der Waals surface area (Å²) in [5, 5.41) is 2.91. The number of halogens is 1. The molecular weight excluding hydrogens is 435 g/mol. The van der Waals surface area contributed by atoms with Gasteiger partial charge in [-0.25, -0.2) is 12.8 Å². The van der Waals surface area contributed by atoms with Crippen LogP contribution in [0.5, 0.6) is 0 Å². The van der Waals surface area contributed by atoms with Crippen LogP contribution in [0.2, 0.25) is 0 Å². The minimum atomic E-state index is -3.55. The molecule has 8 heteroatoms. The van der Waals surface area contributed by atoms with Crippen molar-refractivity contribution >= 4 is 39.1 Å². The highest BCUT2D eigenvalue weighted by Crippen LogP contribution is 2.33. The monoisotopic (exact) mass is 458 g/mol. The lowest BCUT2D eigenvalue weighted by molar-refractivity contribution is -0.116. The molecule has 0 radical (unpaired) electrons. The lowest BCUT2D eigenvalue weighted by Crippen LogP contribution is -2.31. The first-order chi connectivity index (χ1) is 14.8. The van der Waals surface area contributed by atoms with Crippen LogP contribution in [0.25, 0.3) is 0 Å². The maximum atomic E-state index is 13.2. The fraction of sp³-hybridized carbons (Fsp3) is 0.174. The number of sulfonamides is 1. The second kappa shape index (κ2) is 10.5. The quantitative estimate of drug-likeness (QED) is 0.481. The number of benzene rings is 3. The van der Waals surface area contributed by atoms with E-state index in [4.69, 9.17) is 0 Å². The second-order valence-corrected chi connectivity index (χ2v) is 9.90. The van der Waals surface area contributed by atoms with E-state index in [1.165, 1.54) is 28.6 Å². The van der Waals surface area contributed by atoms with Crippen LogP contribution in [-0.4, -0.2) is 27.1 Å². The molecule has 3 aromatic carbocycles. The zero-order valence-corrected chi connectivity index (χ0v) is 18.6. The van der Waals surface area contributed by atoms with Gasteiger partial charge in [-0.15, -0.1) is 0 Å². The smallest absolute Gasteiger partial charge is 0.232 e. The van der Waals surface area contributed by atoms with E-state index in [1.807, 2.05) is 54.6 Å². The number of carbonyl (C=O) groups is 1. The van der Waals surface area contributed by atoms with Gasteiger partial charge in [0.2, 0.25) is 15.9 Å². The van der Waals surface area contributed by atoms with Gasteiger partial charge in [0.25, 0.3) is 0 Å². The molecule has 3 rings (SSSR count). The molecule has 0 saturated heterocycles. The maximum absolute atomic E-state index is 13.2. The van der Waals surface area contributed by atoms with Crippen molar-refractivity contribution < 1.29 is 17.6 Å². The normalized spacial score (nSPS) is 11.2. The predicted molar refractivity (Wildman–Crippen MR) is 123 cm³/mol. The Morgan fingerprint density at radius 1 is 0.968 bits per heavy atom. The van der Waals surface area contributed by atoms with Gasteiger partial charge >= 0.3 is 0 Å². The van der Waals surface area contributed by atoms with Crippen molar-refractivity contribution in [1.29, 1.82) is 0 Å². The van der Waals surface area contributed by atoms with Gasteiger partial charge in [0.1, 0.15) is 5.82 Å². The Bertz CT molecular complexity index is 1120. The summed E-state index contributed by atoms with van der Waals surface area (Å²) in [4.78, 5) is 14.5. The predicted octanol–water partition coefficient (Wildman–Crippen LogP) is 5.16. The third kappa shape index (κ3) is 6.83. The lowest BCUT2D eigenvalue weighted by atomic mass is 10.2. The molecule has 0 aliphatic rings. The van der Waals surface area contributed by atoms with Crippen molar-refractivity contribution in [3.8, 4) is 0 Å². The van der Waals surface area contributed by atoms with E-state index in [9.17, 15) is 17.6 Å². The molecule has 0 atom stereocenters. The minimum Gasteiger partial charge on any atom is -0.325 e. The summed E-state index contributed by atoms with van der Waals surface area (Å²) in [7, 11) is -3.55. The van der Waals surface area contributed by atoms with Crippen LogP contribution in [0.4, 0.5) is 15.8 Å². The Kier molecular flexibility index (Phi) is 7.70. The molecule has 0 aliphatic carbocycles. The van der Waals surface area contributed by atoms with E-state index in [0.717, 1.165) is 16.0 Å². The number of nitrogens with zero attached hydrogens (tertiary/aromatic N) is 1. The van der Waals surface area contributed by atoms with Crippen LogP contribution in [0.15, 0.2) is 88.7 Å². The number of carbonyl (C=O) groups excluding carboxylic acids is 1. The summed E-state index contributed by atoms with van der Waals surface area (Å²) in [5.41, 5.74) is 1.08. The van der Waals surface area contributed by atoms with Crippen molar-refractivity contribution in [2.45, 2.75) is 22.6 Å². The summed E-state index contributed by atoms with van der Waals surface area (Å²) in [6, 6.07) is 22.6. The van der Waals surface area contributed by atoms with Crippen molar-refractivity contribution in [2.75, 3.05) is 22.4 Å². The van der Waals surface area contributed by atoms with Crippen LogP contribution in [0.1, 0.15) is 12.8 Å². The van der Waals surface area contributed by atoms with E-state index < -0.39 is 15.8 Å². The number of anilines is 2. The molecule has 0 spiro atoms. The standard InChI is InChI=1S/C23H23FN2O3S2/c1-31(28,29)26(19-15-13-18(24)14-16-19)17-7-12-23(27)25-21-10-5-6-11-22(21)30-20-8-3-2-4-9-20/h2-6,8-11,13-16H,7,12,17H2,1H3,(H,25,27). The number of rotatable bonds is 9. The lowest BCUT2D eigenvalue weighted by Gasteiger charge is -2.22. The molecule has 1 amide bonds. The topological polar surface area (TPSA) is 66.5 Å². The van der Waals surface area contributed by atoms with E-state index in [2.05, 4.69) is 5.32 Å². The fourth-order valence-corrected chi connectivity index (χ4v) is 4.85. The van der Waals surface area contributed by atoms with Gasteiger partial charge in [-0.3, -0.25) is 9.10 Å². The van der Waals surface area contributed by atoms with Gasteiger partial charge in [-0.05, 0) is 55.0 Å². The van der Waals surface area contributed by atoms with E-state index in [-0.39, 0.29) is 18.9 Å².